The van der Waals surface area contributed by atoms with Gasteiger partial charge in [0.05, 0.1) is 9.82 Å². The molecule has 0 saturated carbocycles. The van der Waals surface area contributed by atoms with Crippen LogP contribution in [0.1, 0.15) is 25.3 Å². The molecule has 1 rings (SSSR count). The van der Waals surface area contributed by atoms with Gasteiger partial charge < -0.3 is 0 Å². The van der Waals surface area contributed by atoms with Crippen molar-refractivity contribution in [1.82, 2.24) is 0 Å². The maximum Gasteiger partial charge on any atom is 0.270 e. The summed E-state index contributed by atoms with van der Waals surface area (Å²) in [5, 5.41) is 10.5. The highest BCUT2D eigenvalue weighted by Crippen LogP contribution is 2.24. The van der Waals surface area contributed by atoms with Crippen LogP contribution in [-0.4, -0.2) is 13.3 Å². The first-order valence-corrected chi connectivity index (χ1v) is 5.54. The molecule has 0 aliphatic carbocycles. The molecule has 1 aromatic carbocycles. The Bertz CT molecular complexity index is 457. The van der Waals surface area contributed by atoms with E-state index in [0.29, 0.717) is 5.56 Å². The Labute approximate surface area is 88.8 Å². The van der Waals surface area contributed by atoms with E-state index in [1.807, 2.05) is 13.8 Å². The number of nitrogens with zero attached hydrogens (tertiary/aromatic N) is 1. The van der Waals surface area contributed by atoms with Crippen LogP contribution < -0.4 is 0 Å². The van der Waals surface area contributed by atoms with Crippen molar-refractivity contribution >= 4 is 16.4 Å². The average molecular weight is 229 g/mol. The quantitative estimate of drug-likeness (QED) is 0.486. The SMILES string of the molecule is CC(C)c1ccc([N+](=O)[O-])cc1[SH](=O)=O. The lowest BCUT2D eigenvalue weighted by molar-refractivity contribution is -0.385. The molecule has 0 radical (unpaired) electrons. The van der Waals surface area contributed by atoms with Crippen LogP contribution in [0, 0.1) is 10.1 Å². The number of hydrogen-bond acceptors (Lipinski definition) is 4. The fourth-order valence-corrected chi connectivity index (χ4v) is 2.07. The van der Waals surface area contributed by atoms with Crippen LogP contribution in [0.5, 0.6) is 0 Å². The number of rotatable bonds is 3. The predicted octanol–water partition coefficient (Wildman–Crippen LogP) is 1.69. The van der Waals surface area contributed by atoms with Crippen molar-refractivity contribution < 1.29 is 13.3 Å². The zero-order valence-corrected chi connectivity index (χ0v) is 9.23. The Kier molecular flexibility index (Phi) is 3.41. The molecule has 0 N–H and O–H groups in total. The molecule has 82 valence electrons. The molecule has 0 saturated heterocycles. The predicted molar refractivity (Wildman–Crippen MR) is 55.8 cm³/mol. The van der Waals surface area contributed by atoms with Crippen molar-refractivity contribution in [3.05, 3.63) is 33.9 Å². The number of nitro groups is 1. The van der Waals surface area contributed by atoms with Gasteiger partial charge in [-0.3, -0.25) is 10.1 Å². The van der Waals surface area contributed by atoms with Crippen LogP contribution in [0.3, 0.4) is 0 Å². The minimum atomic E-state index is -2.79. The third-order valence-electron chi connectivity index (χ3n) is 2.04. The molecule has 0 aromatic heterocycles. The van der Waals surface area contributed by atoms with Crippen molar-refractivity contribution in [3.63, 3.8) is 0 Å². The molecule has 5 nitrogen and oxygen atoms in total. The zero-order chi connectivity index (χ0) is 11.6. The zero-order valence-electron chi connectivity index (χ0n) is 8.34. The summed E-state index contributed by atoms with van der Waals surface area (Å²) < 4.78 is 21.8. The normalized spacial score (nSPS) is 10.9. The van der Waals surface area contributed by atoms with Gasteiger partial charge in [-0.1, -0.05) is 19.9 Å². The first-order chi connectivity index (χ1) is 6.93. The van der Waals surface area contributed by atoms with Crippen LogP contribution in [0.15, 0.2) is 23.1 Å². The van der Waals surface area contributed by atoms with Gasteiger partial charge >= 0.3 is 0 Å². The molecule has 0 atom stereocenters. The summed E-state index contributed by atoms with van der Waals surface area (Å²) in [6.07, 6.45) is 0. The van der Waals surface area contributed by atoms with Crippen molar-refractivity contribution in [2.45, 2.75) is 24.7 Å². The molecule has 0 fully saturated rings. The molecule has 0 bridgehead atoms. The molecule has 0 spiro atoms. The van der Waals surface area contributed by atoms with Gasteiger partial charge in [-0.25, -0.2) is 8.42 Å². The second kappa shape index (κ2) is 4.39. The van der Waals surface area contributed by atoms with E-state index < -0.39 is 15.6 Å². The summed E-state index contributed by atoms with van der Waals surface area (Å²) in [5.74, 6) is 0.0219. The highest BCUT2D eigenvalue weighted by Gasteiger charge is 2.14. The van der Waals surface area contributed by atoms with E-state index in [1.165, 1.54) is 12.1 Å². The minimum Gasteiger partial charge on any atom is -0.258 e. The molecule has 0 aliphatic rings. The number of nitro benzene ring substituents is 1. The lowest BCUT2D eigenvalue weighted by atomic mass is 10.0. The number of hydrogen-bond donors (Lipinski definition) is 1. The summed E-state index contributed by atoms with van der Waals surface area (Å²) in [7, 11) is -2.79. The Morgan fingerprint density at radius 3 is 2.33 bits per heavy atom. The molecule has 1 aromatic rings. The van der Waals surface area contributed by atoms with Crippen molar-refractivity contribution in [3.8, 4) is 0 Å². The Morgan fingerprint density at radius 1 is 1.33 bits per heavy atom. The van der Waals surface area contributed by atoms with Crippen LogP contribution in [0.2, 0.25) is 0 Å². The van der Waals surface area contributed by atoms with E-state index in [4.69, 9.17) is 0 Å². The maximum absolute atomic E-state index is 10.9. The molecular weight excluding hydrogens is 218 g/mol. The fraction of sp³-hybridized carbons (Fsp3) is 0.333. The Morgan fingerprint density at radius 2 is 1.93 bits per heavy atom. The van der Waals surface area contributed by atoms with E-state index >= 15 is 0 Å². The van der Waals surface area contributed by atoms with Gasteiger partial charge in [0.1, 0.15) is 0 Å². The summed E-state index contributed by atoms with van der Waals surface area (Å²) >= 11 is 0. The highest BCUT2D eigenvalue weighted by atomic mass is 32.2. The molecular formula is C9H11NO4S. The third-order valence-corrected chi connectivity index (χ3v) is 2.82. The van der Waals surface area contributed by atoms with Gasteiger partial charge in [0, 0.05) is 12.1 Å². The molecule has 0 unspecified atom stereocenters. The van der Waals surface area contributed by atoms with Gasteiger partial charge in [0.15, 0.2) is 10.7 Å². The highest BCUT2D eigenvalue weighted by molar-refractivity contribution is 7.72. The number of benzene rings is 1. The monoisotopic (exact) mass is 229 g/mol. The van der Waals surface area contributed by atoms with Gasteiger partial charge in [0.25, 0.3) is 5.69 Å². The van der Waals surface area contributed by atoms with Crippen LogP contribution in [0.25, 0.3) is 0 Å². The fourth-order valence-electron chi connectivity index (χ4n) is 1.29. The van der Waals surface area contributed by atoms with Crippen LogP contribution in [0.4, 0.5) is 5.69 Å². The van der Waals surface area contributed by atoms with Crippen molar-refractivity contribution in [2.24, 2.45) is 0 Å². The lowest BCUT2D eigenvalue weighted by Gasteiger charge is -2.07. The number of non-ortho nitro benzene ring substituents is 1. The van der Waals surface area contributed by atoms with E-state index in [0.717, 1.165) is 6.07 Å². The Hall–Kier alpha value is -1.43. The minimum absolute atomic E-state index is 0.0219. The van der Waals surface area contributed by atoms with Gasteiger partial charge in [-0.15, -0.1) is 0 Å². The summed E-state index contributed by atoms with van der Waals surface area (Å²) in [4.78, 5) is 9.90. The Balaban J connectivity index is 3.40. The van der Waals surface area contributed by atoms with E-state index in [9.17, 15) is 18.5 Å². The van der Waals surface area contributed by atoms with E-state index in [-0.39, 0.29) is 16.5 Å². The van der Waals surface area contributed by atoms with Crippen molar-refractivity contribution in [1.29, 1.82) is 0 Å². The lowest BCUT2D eigenvalue weighted by Crippen LogP contribution is -1.97. The van der Waals surface area contributed by atoms with Gasteiger partial charge in [-0.05, 0) is 11.5 Å². The summed E-state index contributed by atoms with van der Waals surface area (Å²) in [5.41, 5.74) is 0.408. The standard InChI is InChI=1S/C9H11NO4S/c1-6(2)8-4-3-7(10(11)12)5-9(8)15(13)14/h3-6,15H,1-2H3. The average Bonchev–Trinajstić information content (AvgIpc) is 2.16. The van der Waals surface area contributed by atoms with Gasteiger partial charge in [-0.2, -0.15) is 0 Å². The summed E-state index contributed by atoms with van der Waals surface area (Å²) in [6, 6.07) is 3.90. The second-order valence-corrected chi connectivity index (χ2v) is 4.41. The van der Waals surface area contributed by atoms with Crippen molar-refractivity contribution in [2.75, 3.05) is 0 Å². The molecule has 0 heterocycles. The van der Waals surface area contributed by atoms with Gasteiger partial charge in [0.2, 0.25) is 0 Å². The third kappa shape index (κ3) is 2.53. The van der Waals surface area contributed by atoms with E-state index in [1.54, 1.807) is 0 Å². The van der Waals surface area contributed by atoms with Crippen LogP contribution >= 0.6 is 0 Å². The van der Waals surface area contributed by atoms with E-state index in [2.05, 4.69) is 0 Å². The topological polar surface area (TPSA) is 77.3 Å². The van der Waals surface area contributed by atoms with Crippen LogP contribution in [-0.2, 0) is 10.7 Å². The molecule has 6 heteroatoms. The first kappa shape index (κ1) is 11.6. The summed E-state index contributed by atoms with van der Waals surface area (Å²) in [6.45, 7) is 3.67. The smallest absolute Gasteiger partial charge is 0.258 e. The second-order valence-electron chi connectivity index (χ2n) is 3.41. The first-order valence-electron chi connectivity index (χ1n) is 4.36. The molecule has 15 heavy (non-hydrogen) atoms. The maximum atomic E-state index is 10.9. The number of thiol groups is 1. The molecule has 0 amide bonds. The largest absolute Gasteiger partial charge is 0.270 e. The molecule has 0 aliphatic heterocycles.